The van der Waals surface area contributed by atoms with E-state index in [1.54, 1.807) is 18.3 Å². The molecular weight excluding hydrogens is 254 g/mol. The zero-order valence-corrected chi connectivity index (χ0v) is 10.2. The molecule has 0 amide bonds. The number of nitro groups is 1. The Hall–Kier alpha value is -2.08. The largest absolute Gasteiger partial charge is 0.309 e. The topological polar surface area (TPSA) is 65.1 Å². The van der Waals surface area contributed by atoms with Gasteiger partial charge in [0.15, 0.2) is 7.85 Å². The maximum atomic E-state index is 11.4. The fourth-order valence-electron chi connectivity index (χ4n) is 1.72. The summed E-state index contributed by atoms with van der Waals surface area (Å²) in [6, 6.07) is 7.49. The molecule has 0 fully saturated rings. The van der Waals surface area contributed by atoms with Crippen molar-refractivity contribution in [3.63, 3.8) is 0 Å². The number of carbonyl (C=O) groups is 1. The van der Waals surface area contributed by atoms with Gasteiger partial charge in [0.2, 0.25) is 0 Å². The SMILES string of the molecule is BC(=O)c1cccn1-c1cc(Cl)ccc1[N+](=O)[O-]. The lowest BCUT2D eigenvalue weighted by atomic mass is 9.99. The summed E-state index contributed by atoms with van der Waals surface area (Å²) in [5.74, 6) is 0. The molecule has 18 heavy (non-hydrogen) atoms. The smallest absolute Gasteiger partial charge is 0.293 e. The molecule has 0 N–H and O–H groups in total. The van der Waals surface area contributed by atoms with E-state index in [9.17, 15) is 14.9 Å². The lowest BCUT2D eigenvalue weighted by molar-refractivity contribution is -0.384. The first-order valence-corrected chi connectivity index (χ1v) is 5.51. The highest BCUT2D eigenvalue weighted by atomic mass is 35.5. The van der Waals surface area contributed by atoms with E-state index < -0.39 is 4.92 Å². The van der Waals surface area contributed by atoms with Crippen LogP contribution in [0.2, 0.25) is 5.02 Å². The van der Waals surface area contributed by atoms with Crippen LogP contribution in [0, 0.1) is 10.1 Å². The first-order valence-electron chi connectivity index (χ1n) is 5.13. The Balaban J connectivity index is 2.69. The molecule has 0 atom stereocenters. The van der Waals surface area contributed by atoms with Gasteiger partial charge in [-0.25, -0.2) is 0 Å². The molecule has 1 aromatic heterocycles. The summed E-state index contributed by atoms with van der Waals surface area (Å²) >= 11 is 5.85. The van der Waals surface area contributed by atoms with E-state index in [1.807, 2.05) is 0 Å². The summed E-state index contributed by atoms with van der Waals surface area (Å²) in [5.41, 5.74) is 0.385. The molecular formula is C11H8BClN2O3. The van der Waals surface area contributed by atoms with Crippen molar-refractivity contribution in [1.29, 1.82) is 0 Å². The second-order valence-corrected chi connectivity index (χ2v) is 4.15. The van der Waals surface area contributed by atoms with Gasteiger partial charge < -0.3 is 9.36 Å². The van der Waals surface area contributed by atoms with Gasteiger partial charge in [0.25, 0.3) is 5.69 Å². The van der Waals surface area contributed by atoms with Crippen molar-refractivity contribution in [2.45, 2.75) is 0 Å². The monoisotopic (exact) mass is 262 g/mol. The standard InChI is InChI=1S/C11H8BClN2O3/c12-11(16)9-2-1-5-14(9)10-6-7(13)3-4-8(10)15(17)18/h1-6H,12H2. The van der Waals surface area contributed by atoms with Crippen molar-refractivity contribution < 1.29 is 9.72 Å². The lowest BCUT2D eigenvalue weighted by Crippen LogP contribution is -2.08. The molecule has 2 aromatic rings. The normalized spacial score (nSPS) is 10.3. The van der Waals surface area contributed by atoms with Crippen molar-refractivity contribution in [3.8, 4) is 5.69 Å². The minimum atomic E-state index is -0.504. The summed E-state index contributed by atoms with van der Waals surface area (Å²) in [4.78, 5) is 21.9. The number of aromatic nitrogens is 1. The second kappa shape index (κ2) is 4.66. The van der Waals surface area contributed by atoms with Crippen LogP contribution in [-0.2, 0) is 0 Å². The molecule has 0 saturated carbocycles. The summed E-state index contributed by atoms with van der Waals surface area (Å²) < 4.78 is 1.46. The van der Waals surface area contributed by atoms with Gasteiger partial charge in [0, 0.05) is 17.3 Å². The van der Waals surface area contributed by atoms with E-state index in [1.165, 1.54) is 30.6 Å². The Labute approximate surface area is 109 Å². The van der Waals surface area contributed by atoms with Crippen LogP contribution in [0.15, 0.2) is 36.5 Å². The molecule has 0 saturated heterocycles. The third kappa shape index (κ3) is 2.15. The number of benzene rings is 1. The zero-order chi connectivity index (χ0) is 13.3. The highest BCUT2D eigenvalue weighted by Gasteiger charge is 2.18. The van der Waals surface area contributed by atoms with Crippen molar-refractivity contribution in [2.75, 3.05) is 0 Å². The fourth-order valence-corrected chi connectivity index (χ4v) is 1.89. The lowest BCUT2D eigenvalue weighted by Gasteiger charge is -2.08. The summed E-state index contributed by atoms with van der Waals surface area (Å²) in [7, 11) is 1.40. The van der Waals surface area contributed by atoms with Gasteiger partial charge in [-0.1, -0.05) is 11.6 Å². The summed E-state index contributed by atoms with van der Waals surface area (Å²) in [6.45, 7) is 0. The molecule has 5 nitrogen and oxygen atoms in total. The van der Waals surface area contributed by atoms with E-state index in [-0.39, 0.29) is 17.1 Å². The predicted molar refractivity (Wildman–Crippen MR) is 70.3 cm³/mol. The minimum Gasteiger partial charge on any atom is -0.309 e. The fraction of sp³-hybridized carbons (Fsp3) is 0. The predicted octanol–water partition coefficient (Wildman–Crippen LogP) is 1.81. The molecule has 0 aliphatic rings. The molecule has 0 spiro atoms. The average molecular weight is 262 g/mol. The number of rotatable bonds is 3. The molecule has 7 heteroatoms. The van der Waals surface area contributed by atoms with Crippen molar-refractivity contribution in [1.82, 2.24) is 4.57 Å². The van der Waals surface area contributed by atoms with Crippen LogP contribution in [0.1, 0.15) is 10.5 Å². The number of halogens is 1. The molecule has 2 rings (SSSR count). The first kappa shape index (κ1) is 12.4. The van der Waals surface area contributed by atoms with Crippen LogP contribution < -0.4 is 0 Å². The summed E-state index contributed by atoms with van der Waals surface area (Å²) in [5, 5.41) is 11.3. The number of nitro benzene ring substituents is 1. The number of carbonyl (C=O) groups excluding carboxylic acids is 1. The highest BCUT2D eigenvalue weighted by molar-refractivity contribution is 6.62. The third-order valence-electron chi connectivity index (χ3n) is 2.50. The molecule has 90 valence electrons. The molecule has 0 aliphatic carbocycles. The molecule has 1 heterocycles. The van der Waals surface area contributed by atoms with Crippen LogP contribution >= 0.6 is 11.6 Å². The number of nitrogens with zero attached hydrogens (tertiary/aromatic N) is 2. The van der Waals surface area contributed by atoms with Crippen LogP contribution in [0.4, 0.5) is 5.69 Å². The van der Waals surface area contributed by atoms with Gasteiger partial charge in [-0.15, -0.1) is 0 Å². The Bertz CT molecular complexity index is 639. The Kier molecular flexibility index (Phi) is 3.20. The van der Waals surface area contributed by atoms with Gasteiger partial charge in [0.1, 0.15) is 11.4 Å². The Morgan fingerprint density at radius 2 is 2.11 bits per heavy atom. The summed E-state index contributed by atoms with van der Waals surface area (Å²) in [6.07, 6.45) is 1.59. The van der Waals surface area contributed by atoms with Crippen LogP contribution in [0.25, 0.3) is 5.69 Å². The molecule has 0 radical (unpaired) electrons. The van der Waals surface area contributed by atoms with E-state index in [0.717, 1.165) is 0 Å². The van der Waals surface area contributed by atoms with E-state index in [4.69, 9.17) is 11.6 Å². The number of hydrogen-bond donors (Lipinski definition) is 0. The zero-order valence-electron chi connectivity index (χ0n) is 9.46. The van der Waals surface area contributed by atoms with Gasteiger partial charge in [-0.2, -0.15) is 0 Å². The van der Waals surface area contributed by atoms with Crippen molar-refractivity contribution >= 4 is 30.8 Å². The molecule has 0 aliphatic heterocycles. The molecule has 0 bridgehead atoms. The van der Waals surface area contributed by atoms with Crippen LogP contribution in [0.5, 0.6) is 0 Å². The maximum Gasteiger partial charge on any atom is 0.293 e. The van der Waals surface area contributed by atoms with E-state index in [2.05, 4.69) is 0 Å². The third-order valence-corrected chi connectivity index (χ3v) is 2.74. The van der Waals surface area contributed by atoms with Crippen LogP contribution in [-0.4, -0.2) is 23.0 Å². The molecule has 0 unspecified atom stereocenters. The average Bonchev–Trinajstić information content (AvgIpc) is 2.77. The molecule has 1 aromatic carbocycles. The highest BCUT2D eigenvalue weighted by Crippen LogP contribution is 2.27. The van der Waals surface area contributed by atoms with Crippen molar-refractivity contribution in [2.24, 2.45) is 0 Å². The Morgan fingerprint density at radius 3 is 2.72 bits per heavy atom. The van der Waals surface area contributed by atoms with Crippen molar-refractivity contribution in [3.05, 3.63) is 57.4 Å². The van der Waals surface area contributed by atoms with Crippen LogP contribution in [0.3, 0.4) is 0 Å². The quantitative estimate of drug-likeness (QED) is 0.481. The van der Waals surface area contributed by atoms with Gasteiger partial charge in [-0.05, 0) is 24.3 Å². The first-order chi connectivity index (χ1) is 8.50. The van der Waals surface area contributed by atoms with Gasteiger partial charge in [-0.3, -0.25) is 10.1 Å². The van der Waals surface area contributed by atoms with Gasteiger partial charge in [0.05, 0.1) is 10.6 Å². The van der Waals surface area contributed by atoms with E-state index >= 15 is 0 Å². The number of hydrogen-bond acceptors (Lipinski definition) is 3. The van der Waals surface area contributed by atoms with E-state index in [0.29, 0.717) is 10.7 Å². The van der Waals surface area contributed by atoms with Gasteiger partial charge >= 0.3 is 0 Å². The maximum absolute atomic E-state index is 11.4. The Morgan fingerprint density at radius 1 is 1.39 bits per heavy atom. The second-order valence-electron chi connectivity index (χ2n) is 3.71. The minimum absolute atomic E-state index is 0.0990.